The Morgan fingerprint density at radius 1 is 1.18 bits per heavy atom. The fourth-order valence-corrected chi connectivity index (χ4v) is 3.55. The molecule has 0 spiro atoms. The molecule has 0 aliphatic rings. The lowest BCUT2D eigenvalue weighted by Crippen LogP contribution is -2.38. The molecular formula is C22H28N4O2. The average molecular weight is 380 g/mol. The third kappa shape index (κ3) is 4.51. The van der Waals surface area contributed by atoms with Crippen LogP contribution in [0.4, 0.5) is 0 Å². The number of likely N-dealkylation sites (N-methyl/N-ethyl adjacent to an activating group) is 1. The number of nitrogens with one attached hydrogen (secondary N) is 2. The Balaban J connectivity index is 1.71. The Kier molecular flexibility index (Phi) is 6.66. The molecule has 6 heteroatoms. The van der Waals surface area contributed by atoms with Gasteiger partial charge in [0.25, 0.3) is 0 Å². The minimum Gasteiger partial charge on any atom is -0.497 e. The first-order valence-corrected chi connectivity index (χ1v) is 9.72. The molecule has 6 nitrogen and oxygen atoms in total. The van der Waals surface area contributed by atoms with Crippen LogP contribution in [0, 0.1) is 0 Å². The predicted molar refractivity (Wildman–Crippen MR) is 111 cm³/mol. The average Bonchev–Trinajstić information content (AvgIpc) is 3.14. The van der Waals surface area contributed by atoms with Gasteiger partial charge in [0, 0.05) is 11.9 Å². The van der Waals surface area contributed by atoms with Crippen molar-refractivity contribution in [3.05, 3.63) is 59.8 Å². The Labute approximate surface area is 165 Å². The number of fused-ring (bicyclic) bond motifs is 1. The van der Waals surface area contributed by atoms with Crippen LogP contribution in [0.1, 0.15) is 31.1 Å². The number of amides is 1. The second-order valence-corrected chi connectivity index (χ2v) is 6.71. The van der Waals surface area contributed by atoms with Gasteiger partial charge in [0.15, 0.2) is 0 Å². The summed E-state index contributed by atoms with van der Waals surface area (Å²) in [5, 5.41) is 11.3. The smallest absolute Gasteiger partial charge is 0.226 e. The van der Waals surface area contributed by atoms with E-state index >= 15 is 0 Å². The van der Waals surface area contributed by atoms with E-state index in [-0.39, 0.29) is 18.4 Å². The Bertz CT molecular complexity index is 918. The first-order valence-electron chi connectivity index (χ1n) is 9.72. The zero-order chi connectivity index (χ0) is 19.9. The molecule has 1 heterocycles. The van der Waals surface area contributed by atoms with E-state index in [1.165, 1.54) is 0 Å². The molecule has 1 unspecified atom stereocenters. The van der Waals surface area contributed by atoms with Crippen molar-refractivity contribution in [2.45, 2.75) is 26.3 Å². The highest BCUT2D eigenvalue weighted by molar-refractivity contribution is 5.87. The van der Waals surface area contributed by atoms with Crippen LogP contribution in [0.3, 0.4) is 0 Å². The summed E-state index contributed by atoms with van der Waals surface area (Å²) in [4.78, 5) is 14.9. The highest BCUT2D eigenvalue weighted by atomic mass is 16.5. The van der Waals surface area contributed by atoms with E-state index in [1.807, 2.05) is 42.5 Å². The lowest BCUT2D eigenvalue weighted by Gasteiger charge is -2.30. The zero-order valence-electron chi connectivity index (χ0n) is 16.7. The number of H-pyrrole nitrogens is 1. The van der Waals surface area contributed by atoms with Crippen LogP contribution in [0.15, 0.2) is 48.5 Å². The highest BCUT2D eigenvalue weighted by Gasteiger charge is 2.20. The van der Waals surface area contributed by atoms with Crippen molar-refractivity contribution in [2.24, 2.45) is 0 Å². The fourth-order valence-electron chi connectivity index (χ4n) is 3.55. The molecule has 0 saturated heterocycles. The van der Waals surface area contributed by atoms with Crippen molar-refractivity contribution < 1.29 is 9.53 Å². The van der Waals surface area contributed by atoms with Crippen molar-refractivity contribution in [1.29, 1.82) is 0 Å². The molecule has 0 fully saturated rings. The molecule has 148 valence electrons. The number of carbonyl (C=O) groups is 1. The summed E-state index contributed by atoms with van der Waals surface area (Å²) in [6, 6.07) is 16.0. The lowest BCUT2D eigenvalue weighted by atomic mass is 10.0. The van der Waals surface area contributed by atoms with Crippen molar-refractivity contribution in [2.75, 3.05) is 26.7 Å². The maximum atomic E-state index is 12.6. The number of hydrogen-bond donors (Lipinski definition) is 2. The van der Waals surface area contributed by atoms with Gasteiger partial charge in [-0.05, 0) is 36.9 Å². The summed E-state index contributed by atoms with van der Waals surface area (Å²) in [5.74, 6) is 0.805. The van der Waals surface area contributed by atoms with Gasteiger partial charge >= 0.3 is 0 Å². The van der Waals surface area contributed by atoms with Crippen LogP contribution < -0.4 is 10.1 Å². The molecule has 0 aliphatic heterocycles. The van der Waals surface area contributed by atoms with Crippen LogP contribution >= 0.6 is 0 Å². The number of rotatable bonds is 9. The molecular weight excluding hydrogens is 352 g/mol. The van der Waals surface area contributed by atoms with Gasteiger partial charge in [-0.1, -0.05) is 44.2 Å². The van der Waals surface area contributed by atoms with Gasteiger partial charge in [0.05, 0.1) is 30.8 Å². The summed E-state index contributed by atoms with van der Waals surface area (Å²) in [5.41, 5.74) is 2.85. The molecule has 1 amide bonds. The van der Waals surface area contributed by atoms with Gasteiger partial charge in [-0.15, -0.1) is 0 Å². The van der Waals surface area contributed by atoms with Crippen molar-refractivity contribution in [3.8, 4) is 5.75 Å². The van der Waals surface area contributed by atoms with E-state index in [2.05, 4.69) is 40.3 Å². The number of para-hydroxylation sites is 1. The van der Waals surface area contributed by atoms with Gasteiger partial charge in [-0.2, -0.15) is 5.10 Å². The van der Waals surface area contributed by atoms with Gasteiger partial charge in [0.2, 0.25) is 5.91 Å². The van der Waals surface area contributed by atoms with Crippen molar-refractivity contribution >= 4 is 16.8 Å². The Morgan fingerprint density at radius 3 is 2.71 bits per heavy atom. The molecule has 0 aliphatic carbocycles. The first kappa shape index (κ1) is 19.9. The zero-order valence-corrected chi connectivity index (χ0v) is 16.7. The quantitative estimate of drug-likeness (QED) is 0.597. The van der Waals surface area contributed by atoms with E-state index in [0.717, 1.165) is 41.0 Å². The summed E-state index contributed by atoms with van der Waals surface area (Å²) >= 11 is 0. The standard InChI is InChI=1S/C22H28N4O2/c1-4-26(5-2)21(16-9-8-10-17(13-16)28-3)15-23-22(27)14-20-18-11-6-7-12-19(18)24-25-20/h6-13,21H,4-5,14-15H2,1-3H3,(H,23,27)(H,24,25). The maximum absolute atomic E-state index is 12.6. The third-order valence-electron chi connectivity index (χ3n) is 5.10. The minimum absolute atomic E-state index is 0.0190. The number of aromatic amines is 1. The van der Waals surface area contributed by atoms with Crippen LogP contribution in [0.5, 0.6) is 5.75 Å². The van der Waals surface area contributed by atoms with Crippen molar-refractivity contribution in [3.63, 3.8) is 0 Å². The van der Waals surface area contributed by atoms with E-state index in [1.54, 1.807) is 7.11 Å². The highest BCUT2D eigenvalue weighted by Crippen LogP contribution is 2.24. The van der Waals surface area contributed by atoms with Gasteiger partial charge in [0.1, 0.15) is 5.75 Å². The predicted octanol–water partition coefficient (Wildman–Crippen LogP) is 3.31. The van der Waals surface area contributed by atoms with Gasteiger partial charge < -0.3 is 10.1 Å². The number of benzene rings is 2. The maximum Gasteiger partial charge on any atom is 0.226 e. The molecule has 3 aromatic rings. The minimum atomic E-state index is -0.0190. The number of ether oxygens (including phenoxy) is 1. The largest absolute Gasteiger partial charge is 0.497 e. The van der Waals surface area contributed by atoms with E-state index in [0.29, 0.717) is 6.54 Å². The monoisotopic (exact) mass is 380 g/mol. The third-order valence-corrected chi connectivity index (χ3v) is 5.10. The van der Waals surface area contributed by atoms with Crippen LogP contribution in [-0.2, 0) is 11.2 Å². The van der Waals surface area contributed by atoms with Crippen LogP contribution in [0.25, 0.3) is 10.9 Å². The molecule has 0 saturated carbocycles. The normalized spacial score (nSPS) is 12.3. The summed E-state index contributed by atoms with van der Waals surface area (Å²) in [7, 11) is 1.67. The molecule has 1 aromatic heterocycles. The van der Waals surface area contributed by atoms with Crippen LogP contribution in [0.2, 0.25) is 0 Å². The number of aromatic nitrogens is 2. The molecule has 28 heavy (non-hydrogen) atoms. The molecule has 1 atom stereocenters. The van der Waals surface area contributed by atoms with E-state index in [9.17, 15) is 4.79 Å². The Hall–Kier alpha value is -2.86. The topological polar surface area (TPSA) is 70.2 Å². The fraction of sp³-hybridized carbons (Fsp3) is 0.364. The number of carbonyl (C=O) groups excluding carboxylic acids is 1. The molecule has 2 aromatic carbocycles. The van der Waals surface area contributed by atoms with Gasteiger partial charge in [-0.3, -0.25) is 14.8 Å². The summed E-state index contributed by atoms with van der Waals surface area (Å²) in [6.07, 6.45) is 0.281. The molecule has 0 radical (unpaired) electrons. The van der Waals surface area contributed by atoms with E-state index < -0.39 is 0 Å². The van der Waals surface area contributed by atoms with Gasteiger partial charge in [-0.25, -0.2) is 0 Å². The van der Waals surface area contributed by atoms with E-state index in [4.69, 9.17) is 4.74 Å². The number of hydrogen-bond acceptors (Lipinski definition) is 4. The number of nitrogens with zero attached hydrogens (tertiary/aromatic N) is 2. The molecule has 0 bridgehead atoms. The SMILES string of the molecule is CCN(CC)C(CNC(=O)Cc1[nH]nc2ccccc12)c1cccc(OC)c1. The second kappa shape index (κ2) is 9.37. The van der Waals surface area contributed by atoms with Crippen LogP contribution in [-0.4, -0.2) is 47.7 Å². The van der Waals surface area contributed by atoms with Crippen molar-refractivity contribution in [1.82, 2.24) is 20.4 Å². The summed E-state index contributed by atoms with van der Waals surface area (Å²) in [6.45, 7) is 6.61. The Morgan fingerprint density at radius 2 is 1.96 bits per heavy atom. The first-order chi connectivity index (χ1) is 13.7. The second-order valence-electron chi connectivity index (χ2n) is 6.71. The summed E-state index contributed by atoms with van der Waals surface area (Å²) < 4.78 is 5.37. The molecule has 3 rings (SSSR count). The lowest BCUT2D eigenvalue weighted by molar-refractivity contribution is -0.120. The molecule has 2 N–H and O–H groups in total. The number of methoxy groups -OCH3 is 1.